The Kier molecular flexibility index (Phi) is 4.38. The molecule has 2 aromatic carbocycles. The van der Waals surface area contributed by atoms with Crippen LogP contribution in [0.3, 0.4) is 0 Å². The minimum absolute atomic E-state index is 0.0298. The summed E-state index contributed by atoms with van der Waals surface area (Å²) in [5.41, 5.74) is 3.79. The van der Waals surface area contributed by atoms with Gasteiger partial charge in [0.1, 0.15) is 6.54 Å². The Morgan fingerprint density at radius 3 is 2.08 bits per heavy atom. The van der Waals surface area contributed by atoms with Gasteiger partial charge in [0.05, 0.1) is 0 Å². The number of rotatable bonds is 2. The summed E-state index contributed by atoms with van der Waals surface area (Å²) in [5.74, 6) is -0.128. The van der Waals surface area contributed by atoms with Crippen LogP contribution in [0.1, 0.15) is 28.4 Å². The van der Waals surface area contributed by atoms with Crippen molar-refractivity contribution < 1.29 is 9.59 Å². The zero-order valence-electron chi connectivity index (χ0n) is 14.3. The number of carbonyl (C=O) groups excluding carboxylic acids is 2. The number of benzene rings is 2. The molecule has 0 saturated carbocycles. The summed E-state index contributed by atoms with van der Waals surface area (Å²) in [5, 5.41) is 0. The van der Waals surface area contributed by atoms with Crippen molar-refractivity contribution in [3.63, 3.8) is 0 Å². The lowest BCUT2D eigenvalue weighted by Crippen LogP contribution is -2.57. The number of anilines is 1. The highest BCUT2D eigenvalue weighted by Gasteiger charge is 2.33. The van der Waals surface area contributed by atoms with Crippen molar-refractivity contribution in [2.45, 2.75) is 26.8 Å². The molecule has 0 aromatic heterocycles. The summed E-state index contributed by atoms with van der Waals surface area (Å²) < 4.78 is 0. The second-order valence-electron chi connectivity index (χ2n) is 6.49. The molecule has 0 unspecified atom stereocenters. The molecule has 1 aliphatic rings. The van der Waals surface area contributed by atoms with Crippen molar-refractivity contribution in [1.82, 2.24) is 4.90 Å². The third-order valence-corrected chi connectivity index (χ3v) is 4.49. The first-order chi connectivity index (χ1) is 11.5. The monoisotopic (exact) mass is 322 g/mol. The van der Waals surface area contributed by atoms with Gasteiger partial charge in [-0.2, -0.15) is 0 Å². The Hall–Kier alpha value is -2.62. The Morgan fingerprint density at radius 2 is 1.50 bits per heavy atom. The summed E-state index contributed by atoms with van der Waals surface area (Å²) in [6.45, 7) is 6.62. The van der Waals surface area contributed by atoms with Crippen LogP contribution in [0, 0.1) is 13.8 Å². The standard InChI is InChI=1S/C20H22N2O2/c1-14-4-8-17(9-5-14)20(24)21-13-19(23)22(12-16(21)3)18-10-6-15(2)7-11-18/h4-11,16H,12-13H2,1-3H3/t16-/m0/s1. The van der Waals surface area contributed by atoms with Gasteiger partial charge in [0.2, 0.25) is 5.91 Å². The maximum atomic E-state index is 12.7. The lowest BCUT2D eigenvalue weighted by molar-refractivity contribution is -0.121. The lowest BCUT2D eigenvalue weighted by atomic mass is 10.1. The van der Waals surface area contributed by atoms with E-state index in [0.29, 0.717) is 12.1 Å². The zero-order chi connectivity index (χ0) is 17.3. The van der Waals surface area contributed by atoms with Crippen molar-refractivity contribution in [3.05, 3.63) is 65.2 Å². The van der Waals surface area contributed by atoms with E-state index >= 15 is 0 Å². The number of amides is 2. The second-order valence-corrected chi connectivity index (χ2v) is 6.49. The van der Waals surface area contributed by atoms with E-state index in [1.54, 1.807) is 9.80 Å². The number of aryl methyl sites for hydroxylation is 2. The van der Waals surface area contributed by atoms with E-state index in [0.717, 1.165) is 16.8 Å². The van der Waals surface area contributed by atoms with E-state index in [2.05, 4.69) is 0 Å². The number of piperazine rings is 1. The first-order valence-electron chi connectivity index (χ1n) is 8.20. The molecule has 0 spiro atoms. The van der Waals surface area contributed by atoms with Gasteiger partial charge in [-0.1, -0.05) is 35.4 Å². The first-order valence-corrected chi connectivity index (χ1v) is 8.20. The van der Waals surface area contributed by atoms with Crippen molar-refractivity contribution in [1.29, 1.82) is 0 Å². The van der Waals surface area contributed by atoms with Gasteiger partial charge in [-0.05, 0) is 45.0 Å². The molecular weight excluding hydrogens is 300 g/mol. The first kappa shape index (κ1) is 16.2. The smallest absolute Gasteiger partial charge is 0.254 e. The molecular formula is C20H22N2O2. The van der Waals surface area contributed by atoms with Crippen LogP contribution in [0.15, 0.2) is 48.5 Å². The molecule has 0 N–H and O–H groups in total. The van der Waals surface area contributed by atoms with E-state index in [-0.39, 0.29) is 24.4 Å². The van der Waals surface area contributed by atoms with Crippen LogP contribution in [-0.2, 0) is 4.79 Å². The van der Waals surface area contributed by atoms with Gasteiger partial charge >= 0.3 is 0 Å². The van der Waals surface area contributed by atoms with Gasteiger partial charge in [-0.25, -0.2) is 0 Å². The molecule has 1 heterocycles. The van der Waals surface area contributed by atoms with Crippen molar-refractivity contribution in [2.75, 3.05) is 18.0 Å². The fraction of sp³-hybridized carbons (Fsp3) is 0.300. The number of nitrogens with zero attached hydrogens (tertiary/aromatic N) is 2. The molecule has 124 valence electrons. The Bertz CT molecular complexity index is 750. The lowest BCUT2D eigenvalue weighted by Gasteiger charge is -2.39. The maximum Gasteiger partial charge on any atom is 0.254 e. The maximum absolute atomic E-state index is 12.7. The van der Waals surface area contributed by atoms with E-state index < -0.39 is 0 Å². The summed E-state index contributed by atoms with van der Waals surface area (Å²) in [4.78, 5) is 28.7. The van der Waals surface area contributed by atoms with Gasteiger partial charge in [0.25, 0.3) is 5.91 Å². The van der Waals surface area contributed by atoms with E-state index in [9.17, 15) is 9.59 Å². The predicted molar refractivity (Wildman–Crippen MR) is 95.2 cm³/mol. The number of hydrogen-bond acceptors (Lipinski definition) is 2. The highest BCUT2D eigenvalue weighted by Crippen LogP contribution is 2.22. The Balaban J connectivity index is 1.77. The fourth-order valence-electron chi connectivity index (χ4n) is 2.96. The minimum atomic E-state index is -0.0839. The van der Waals surface area contributed by atoms with Crippen LogP contribution in [0.25, 0.3) is 0 Å². The van der Waals surface area contributed by atoms with Crippen LogP contribution in [0.2, 0.25) is 0 Å². The molecule has 1 aliphatic heterocycles. The summed E-state index contributed by atoms with van der Waals surface area (Å²) >= 11 is 0. The highest BCUT2D eigenvalue weighted by molar-refractivity contribution is 6.02. The molecule has 4 nitrogen and oxygen atoms in total. The van der Waals surface area contributed by atoms with Gasteiger partial charge in [0, 0.05) is 23.8 Å². The Morgan fingerprint density at radius 1 is 0.958 bits per heavy atom. The SMILES string of the molecule is Cc1ccc(C(=O)N2CC(=O)N(c3ccc(C)cc3)C[C@@H]2C)cc1. The third-order valence-electron chi connectivity index (χ3n) is 4.49. The molecule has 2 amide bonds. The summed E-state index contributed by atoms with van der Waals surface area (Å²) in [6, 6.07) is 15.4. The zero-order valence-corrected chi connectivity index (χ0v) is 14.3. The van der Waals surface area contributed by atoms with Crippen LogP contribution in [0.4, 0.5) is 5.69 Å². The minimum Gasteiger partial charge on any atom is -0.325 e. The van der Waals surface area contributed by atoms with Crippen LogP contribution >= 0.6 is 0 Å². The molecule has 2 aromatic rings. The van der Waals surface area contributed by atoms with E-state index in [1.807, 2.05) is 69.3 Å². The molecule has 0 bridgehead atoms. The summed E-state index contributed by atoms with van der Waals surface area (Å²) in [6.07, 6.45) is 0. The predicted octanol–water partition coefficient (Wildman–Crippen LogP) is 3.18. The molecule has 4 heteroatoms. The van der Waals surface area contributed by atoms with Crippen molar-refractivity contribution >= 4 is 17.5 Å². The largest absolute Gasteiger partial charge is 0.325 e. The molecule has 1 saturated heterocycles. The third kappa shape index (κ3) is 3.18. The van der Waals surface area contributed by atoms with Gasteiger partial charge < -0.3 is 9.80 Å². The Labute approximate surface area is 142 Å². The molecule has 24 heavy (non-hydrogen) atoms. The average Bonchev–Trinajstić information content (AvgIpc) is 2.57. The van der Waals surface area contributed by atoms with Crippen LogP contribution in [0.5, 0.6) is 0 Å². The fourth-order valence-corrected chi connectivity index (χ4v) is 2.96. The normalized spacial score (nSPS) is 18.0. The van der Waals surface area contributed by atoms with Crippen LogP contribution < -0.4 is 4.90 Å². The molecule has 3 rings (SSSR count). The second kappa shape index (κ2) is 6.48. The molecule has 0 radical (unpaired) electrons. The number of carbonyl (C=O) groups is 2. The molecule has 1 atom stereocenters. The molecule has 0 aliphatic carbocycles. The van der Waals surface area contributed by atoms with Gasteiger partial charge in [-0.15, -0.1) is 0 Å². The van der Waals surface area contributed by atoms with Crippen LogP contribution in [-0.4, -0.2) is 35.8 Å². The van der Waals surface area contributed by atoms with Crippen molar-refractivity contribution in [3.8, 4) is 0 Å². The topological polar surface area (TPSA) is 40.6 Å². The summed E-state index contributed by atoms with van der Waals surface area (Å²) in [7, 11) is 0. The van der Waals surface area contributed by atoms with Gasteiger partial charge in [0.15, 0.2) is 0 Å². The number of hydrogen-bond donors (Lipinski definition) is 0. The highest BCUT2D eigenvalue weighted by atomic mass is 16.2. The van der Waals surface area contributed by atoms with E-state index in [4.69, 9.17) is 0 Å². The van der Waals surface area contributed by atoms with Gasteiger partial charge in [-0.3, -0.25) is 9.59 Å². The average molecular weight is 322 g/mol. The quantitative estimate of drug-likeness (QED) is 0.852. The molecule has 1 fully saturated rings. The van der Waals surface area contributed by atoms with E-state index in [1.165, 1.54) is 0 Å². The van der Waals surface area contributed by atoms with Crippen molar-refractivity contribution in [2.24, 2.45) is 0 Å².